The normalized spacial score (nSPS) is 23.4. The van der Waals surface area contributed by atoms with Crippen molar-refractivity contribution in [3.05, 3.63) is 12.1 Å². The van der Waals surface area contributed by atoms with Crippen LogP contribution in [0.15, 0.2) is 10.8 Å². The first kappa shape index (κ1) is 4.85. The first-order valence-corrected chi connectivity index (χ1v) is 2.94. The molecule has 3 heteroatoms. The lowest BCUT2D eigenvalue weighted by Gasteiger charge is -1.92. The molecule has 1 aromatic rings. The summed E-state index contributed by atoms with van der Waals surface area (Å²) in [6.45, 7) is 2.77. The third-order valence-electron chi connectivity index (χ3n) is 1.49. The van der Waals surface area contributed by atoms with Crippen LogP contribution in [0, 0.1) is 0 Å². The molecule has 48 valence electrons. The van der Waals surface area contributed by atoms with Crippen molar-refractivity contribution in [2.75, 3.05) is 6.61 Å². The van der Waals surface area contributed by atoms with E-state index in [9.17, 15) is 0 Å². The van der Waals surface area contributed by atoms with Gasteiger partial charge in [0.05, 0.1) is 6.61 Å². The molecule has 0 aliphatic carbocycles. The van der Waals surface area contributed by atoms with Gasteiger partial charge in [-0.1, -0.05) is 6.92 Å². The lowest BCUT2D eigenvalue weighted by molar-refractivity contribution is 0.262. The van der Waals surface area contributed by atoms with E-state index in [1.165, 1.54) is 6.39 Å². The fraction of sp³-hybridized carbons (Fsp3) is 0.500. The van der Waals surface area contributed by atoms with Crippen molar-refractivity contribution in [1.82, 2.24) is 4.98 Å². The second-order valence-electron chi connectivity index (χ2n) is 2.24. The van der Waals surface area contributed by atoms with Crippen LogP contribution in [0.4, 0.5) is 0 Å². The lowest BCUT2D eigenvalue weighted by Crippen LogP contribution is -1.95. The number of rotatable bonds is 0. The Morgan fingerprint density at radius 2 is 2.67 bits per heavy atom. The summed E-state index contributed by atoms with van der Waals surface area (Å²) in [5.74, 6) is 1.00. The molecule has 9 heavy (non-hydrogen) atoms. The highest BCUT2D eigenvalue weighted by molar-refractivity contribution is 5.22. The number of ether oxygens (including phenoxy) is 1. The Morgan fingerprint density at radius 1 is 1.78 bits per heavy atom. The van der Waals surface area contributed by atoms with Crippen LogP contribution in [0.3, 0.4) is 0 Å². The summed E-state index contributed by atoms with van der Waals surface area (Å²) in [6, 6.07) is 0. The molecule has 2 rings (SSSR count). The molecule has 1 aliphatic rings. The number of aromatic nitrogens is 1. The minimum absolute atomic E-state index is 0.402. The van der Waals surface area contributed by atoms with Crippen LogP contribution in [-0.4, -0.2) is 11.6 Å². The van der Waals surface area contributed by atoms with Gasteiger partial charge in [0.2, 0.25) is 0 Å². The van der Waals surface area contributed by atoms with E-state index in [2.05, 4.69) is 11.9 Å². The molecule has 0 unspecified atom stereocenters. The molecule has 1 aliphatic heterocycles. The molecule has 0 fully saturated rings. The van der Waals surface area contributed by atoms with Gasteiger partial charge in [-0.05, 0) is 0 Å². The van der Waals surface area contributed by atoms with Gasteiger partial charge in [0, 0.05) is 5.92 Å². The van der Waals surface area contributed by atoms with Crippen LogP contribution < -0.4 is 4.74 Å². The SMILES string of the molecule is C[C@@H]1COc2ocnc21. The zero-order valence-electron chi connectivity index (χ0n) is 5.13. The van der Waals surface area contributed by atoms with Gasteiger partial charge in [0.25, 0.3) is 0 Å². The molecule has 2 heterocycles. The van der Waals surface area contributed by atoms with Crippen LogP contribution in [0.25, 0.3) is 0 Å². The summed E-state index contributed by atoms with van der Waals surface area (Å²) >= 11 is 0. The van der Waals surface area contributed by atoms with E-state index < -0.39 is 0 Å². The maximum atomic E-state index is 5.12. The van der Waals surface area contributed by atoms with E-state index in [-0.39, 0.29) is 0 Å². The fourth-order valence-electron chi connectivity index (χ4n) is 0.960. The molecule has 0 aromatic carbocycles. The molecule has 0 radical (unpaired) electrons. The van der Waals surface area contributed by atoms with Crippen molar-refractivity contribution < 1.29 is 9.15 Å². The van der Waals surface area contributed by atoms with Gasteiger partial charge < -0.3 is 9.15 Å². The van der Waals surface area contributed by atoms with E-state index in [1.807, 2.05) is 0 Å². The second kappa shape index (κ2) is 1.50. The van der Waals surface area contributed by atoms with Gasteiger partial charge in [-0.15, -0.1) is 0 Å². The standard InChI is InChI=1S/C6H7NO2/c1-4-2-8-6-5(4)7-3-9-6/h3-4H,2H2,1H3/t4-/m1/s1. The Morgan fingerprint density at radius 3 is 3.44 bits per heavy atom. The molecular formula is C6H7NO2. The summed E-state index contributed by atoms with van der Waals surface area (Å²) in [4.78, 5) is 3.99. The fourth-order valence-corrected chi connectivity index (χ4v) is 0.960. The van der Waals surface area contributed by atoms with E-state index >= 15 is 0 Å². The van der Waals surface area contributed by atoms with Crippen molar-refractivity contribution >= 4 is 0 Å². The molecule has 0 amide bonds. The van der Waals surface area contributed by atoms with Crippen molar-refractivity contribution in [2.45, 2.75) is 12.8 Å². The number of hydrogen-bond acceptors (Lipinski definition) is 3. The molecule has 0 bridgehead atoms. The smallest absolute Gasteiger partial charge is 0.308 e. The third-order valence-corrected chi connectivity index (χ3v) is 1.49. The maximum absolute atomic E-state index is 5.12. The predicted octanol–water partition coefficient (Wildman–Crippen LogP) is 1.17. The maximum Gasteiger partial charge on any atom is 0.308 e. The quantitative estimate of drug-likeness (QED) is 0.522. The van der Waals surface area contributed by atoms with Gasteiger partial charge in [0.1, 0.15) is 5.69 Å². The van der Waals surface area contributed by atoms with Crippen LogP contribution >= 0.6 is 0 Å². The number of nitrogens with zero attached hydrogens (tertiary/aromatic N) is 1. The molecule has 1 aromatic heterocycles. The number of oxazole rings is 1. The van der Waals surface area contributed by atoms with E-state index in [0.29, 0.717) is 18.5 Å². The minimum Gasteiger partial charge on any atom is -0.463 e. The lowest BCUT2D eigenvalue weighted by atomic mass is 10.2. The number of fused-ring (bicyclic) bond motifs is 1. The van der Waals surface area contributed by atoms with Gasteiger partial charge in [-0.2, -0.15) is 0 Å². The van der Waals surface area contributed by atoms with Crippen LogP contribution in [0.1, 0.15) is 18.5 Å². The first-order valence-electron chi connectivity index (χ1n) is 2.94. The number of hydrogen-bond donors (Lipinski definition) is 0. The molecule has 0 saturated carbocycles. The summed E-state index contributed by atoms with van der Waals surface area (Å²) < 4.78 is 10.0. The molecule has 0 spiro atoms. The zero-order chi connectivity index (χ0) is 6.27. The van der Waals surface area contributed by atoms with Crippen molar-refractivity contribution in [3.63, 3.8) is 0 Å². The van der Waals surface area contributed by atoms with Crippen molar-refractivity contribution in [2.24, 2.45) is 0 Å². The Labute approximate surface area is 52.6 Å². The highest BCUT2D eigenvalue weighted by Gasteiger charge is 2.24. The van der Waals surface area contributed by atoms with Gasteiger partial charge in [-0.3, -0.25) is 0 Å². The first-order chi connectivity index (χ1) is 4.38. The van der Waals surface area contributed by atoms with Crippen LogP contribution in [-0.2, 0) is 0 Å². The zero-order valence-corrected chi connectivity index (χ0v) is 5.13. The monoisotopic (exact) mass is 125 g/mol. The highest BCUT2D eigenvalue weighted by Crippen LogP contribution is 2.31. The summed E-state index contributed by atoms with van der Waals surface area (Å²) in [5, 5.41) is 0. The van der Waals surface area contributed by atoms with E-state index in [1.54, 1.807) is 0 Å². The highest BCUT2D eigenvalue weighted by atomic mass is 16.6. The van der Waals surface area contributed by atoms with Crippen LogP contribution in [0.2, 0.25) is 0 Å². The summed E-state index contributed by atoms with van der Waals surface area (Å²) in [6.07, 6.45) is 1.42. The Hall–Kier alpha value is -0.990. The molecule has 0 saturated heterocycles. The van der Waals surface area contributed by atoms with Gasteiger partial charge in [0.15, 0.2) is 6.39 Å². The Balaban J connectivity index is 2.49. The third kappa shape index (κ3) is 0.542. The molecule has 3 nitrogen and oxygen atoms in total. The molecule has 1 atom stereocenters. The largest absolute Gasteiger partial charge is 0.463 e. The predicted molar refractivity (Wildman–Crippen MR) is 30.4 cm³/mol. The second-order valence-corrected chi connectivity index (χ2v) is 2.24. The average molecular weight is 125 g/mol. The van der Waals surface area contributed by atoms with Gasteiger partial charge >= 0.3 is 5.95 Å². The Bertz CT molecular complexity index is 219. The Kier molecular flexibility index (Phi) is 0.806. The van der Waals surface area contributed by atoms with Gasteiger partial charge in [-0.25, -0.2) is 4.98 Å². The van der Waals surface area contributed by atoms with E-state index in [0.717, 1.165) is 5.69 Å². The summed E-state index contributed by atoms with van der Waals surface area (Å²) in [7, 11) is 0. The van der Waals surface area contributed by atoms with Crippen molar-refractivity contribution in [1.29, 1.82) is 0 Å². The molecule has 0 N–H and O–H groups in total. The summed E-state index contributed by atoms with van der Waals surface area (Å²) in [5.41, 5.74) is 0.954. The minimum atomic E-state index is 0.402. The average Bonchev–Trinajstić information content (AvgIpc) is 2.35. The topological polar surface area (TPSA) is 35.3 Å². The van der Waals surface area contributed by atoms with Crippen LogP contribution in [0.5, 0.6) is 5.95 Å². The van der Waals surface area contributed by atoms with Crippen molar-refractivity contribution in [3.8, 4) is 5.95 Å². The molecular weight excluding hydrogens is 118 g/mol. The van der Waals surface area contributed by atoms with E-state index in [4.69, 9.17) is 9.15 Å².